The molecule has 0 bridgehead atoms. The van der Waals surface area contributed by atoms with Gasteiger partial charge in [0.1, 0.15) is 0 Å². The molecule has 0 saturated carbocycles. The molecule has 5 nitrogen and oxygen atoms in total. The van der Waals surface area contributed by atoms with Crippen molar-refractivity contribution in [3.63, 3.8) is 0 Å². The van der Waals surface area contributed by atoms with Crippen LogP contribution in [0.25, 0.3) is 11.0 Å². The van der Waals surface area contributed by atoms with Crippen molar-refractivity contribution < 1.29 is 5.11 Å². The Kier molecular flexibility index (Phi) is 2.68. The van der Waals surface area contributed by atoms with E-state index in [1.54, 1.807) is 6.33 Å². The number of fused-ring (bicyclic) bond motifs is 1. The fourth-order valence-corrected chi connectivity index (χ4v) is 1.52. The number of hydrogen-bond acceptors (Lipinski definition) is 4. The highest BCUT2D eigenvalue weighted by atomic mass is 16.3. The van der Waals surface area contributed by atoms with Gasteiger partial charge in [-0.25, -0.2) is 4.98 Å². The largest absolute Gasteiger partial charge is 0.395 e. The molecule has 80 valence electrons. The van der Waals surface area contributed by atoms with Crippen molar-refractivity contribution in [2.45, 2.75) is 12.1 Å². The minimum absolute atomic E-state index is 0.123. The summed E-state index contributed by atoms with van der Waals surface area (Å²) in [6.45, 7) is -0.123. The summed E-state index contributed by atoms with van der Waals surface area (Å²) in [6, 6.07) is 4.87. The van der Waals surface area contributed by atoms with Gasteiger partial charge in [0, 0.05) is 12.1 Å². The Morgan fingerprint density at radius 1 is 1.40 bits per heavy atom. The van der Waals surface area contributed by atoms with Crippen LogP contribution in [0.3, 0.4) is 0 Å². The van der Waals surface area contributed by atoms with Crippen LogP contribution in [-0.4, -0.2) is 27.7 Å². The number of nitrogens with zero attached hydrogens (tertiary/aromatic N) is 1. The van der Waals surface area contributed by atoms with Gasteiger partial charge in [-0.15, -0.1) is 0 Å². The van der Waals surface area contributed by atoms with Crippen LogP contribution in [0.5, 0.6) is 0 Å². The molecule has 5 heteroatoms. The maximum Gasteiger partial charge on any atom is 0.0931 e. The van der Waals surface area contributed by atoms with E-state index < -0.39 is 6.04 Å². The zero-order chi connectivity index (χ0) is 10.8. The van der Waals surface area contributed by atoms with Gasteiger partial charge in [-0.1, -0.05) is 6.07 Å². The van der Waals surface area contributed by atoms with Crippen molar-refractivity contribution in [1.29, 1.82) is 0 Å². The molecule has 1 aromatic carbocycles. The van der Waals surface area contributed by atoms with Crippen LogP contribution in [0.2, 0.25) is 0 Å². The van der Waals surface area contributed by atoms with Gasteiger partial charge in [-0.3, -0.25) is 0 Å². The highest BCUT2D eigenvalue weighted by Crippen LogP contribution is 2.17. The molecule has 0 aliphatic heterocycles. The van der Waals surface area contributed by atoms with Crippen LogP contribution < -0.4 is 11.5 Å². The topological polar surface area (TPSA) is 101 Å². The van der Waals surface area contributed by atoms with Crippen molar-refractivity contribution >= 4 is 11.0 Å². The number of aliphatic hydroxyl groups is 1. The summed E-state index contributed by atoms with van der Waals surface area (Å²) in [4.78, 5) is 7.11. The van der Waals surface area contributed by atoms with E-state index in [-0.39, 0.29) is 12.6 Å². The maximum atomic E-state index is 8.91. The van der Waals surface area contributed by atoms with E-state index in [1.807, 2.05) is 18.2 Å². The molecule has 0 fully saturated rings. The van der Waals surface area contributed by atoms with Gasteiger partial charge in [0.15, 0.2) is 0 Å². The Morgan fingerprint density at radius 2 is 2.20 bits per heavy atom. The average molecular weight is 206 g/mol. The van der Waals surface area contributed by atoms with E-state index >= 15 is 0 Å². The number of rotatable bonds is 3. The second kappa shape index (κ2) is 3.98. The molecule has 0 radical (unpaired) electrons. The van der Waals surface area contributed by atoms with Crippen LogP contribution in [0.15, 0.2) is 24.5 Å². The number of imidazole rings is 1. The van der Waals surface area contributed by atoms with Crippen LogP contribution in [-0.2, 0) is 0 Å². The molecule has 0 aliphatic carbocycles. The van der Waals surface area contributed by atoms with Crippen LogP contribution >= 0.6 is 0 Å². The van der Waals surface area contributed by atoms with Crippen molar-refractivity contribution in [3.8, 4) is 0 Å². The number of aromatic nitrogens is 2. The van der Waals surface area contributed by atoms with Gasteiger partial charge < -0.3 is 21.6 Å². The molecule has 0 spiro atoms. The zero-order valence-electron chi connectivity index (χ0n) is 8.22. The highest BCUT2D eigenvalue weighted by molar-refractivity contribution is 5.75. The zero-order valence-corrected chi connectivity index (χ0v) is 8.22. The summed E-state index contributed by atoms with van der Waals surface area (Å²) >= 11 is 0. The van der Waals surface area contributed by atoms with Gasteiger partial charge in [0.05, 0.1) is 24.0 Å². The quantitative estimate of drug-likeness (QED) is 0.562. The first kappa shape index (κ1) is 10.1. The van der Waals surface area contributed by atoms with Crippen molar-refractivity contribution in [3.05, 3.63) is 30.1 Å². The lowest BCUT2D eigenvalue weighted by Crippen LogP contribution is -2.37. The molecule has 0 aliphatic rings. The molecule has 2 rings (SSSR count). The van der Waals surface area contributed by atoms with Crippen molar-refractivity contribution in [1.82, 2.24) is 9.97 Å². The Balaban J connectivity index is 2.35. The standard InChI is InChI=1S/C10H14N4O/c11-7(4-15)10(12)6-1-2-8-9(3-6)14-5-13-8/h1-3,5,7,10,15H,4,11-12H2,(H,13,14). The van der Waals surface area contributed by atoms with Crippen LogP contribution in [0.1, 0.15) is 11.6 Å². The number of hydrogen-bond donors (Lipinski definition) is 4. The molecule has 15 heavy (non-hydrogen) atoms. The smallest absolute Gasteiger partial charge is 0.0931 e. The van der Waals surface area contributed by atoms with E-state index in [4.69, 9.17) is 16.6 Å². The summed E-state index contributed by atoms with van der Waals surface area (Å²) in [5.74, 6) is 0. The number of nitrogens with one attached hydrogen (secondary N) is 1. The van der Waals surface area contributed by atoms with Gasteiger partial charge in [0.25, 0.3) is 0 Å². The molecule has 2 unspecified atom stereocenters. The molecule has 2 atom stereocenters. The third kappa shape index (κ3) is 1.85. The molecule has 6 N–H and O–H groups in total. The summed E-state index contributed by atoms with van der Waals surface area (Å²) in [7, 11) is 0. The fourth-order valence-electron chi connectivity index (χ4n) is 1.52. The average Bonchev–Trinajstić information content (AvgIpc) is 2.73. The molecular weight excluding hydrogens is 192 g/mol. The Morgan fingerprint density at radius 3 is 2.93 bits per heavy atom. The maximum absolute atomic E-state index is 8.91. The van der Waals surface area contributed by atoms with E-state index in [1.165, 1.54) is 0 Å². The monoisotopic (exact) mass is 206 g/mol. The fraction of sp³-hybridized carbons (Fsp3) is 0.300. The number of aliphatic hydroxyl groups excluding tert-OH is 1. The van der Waals surface area contributed by atoms with Gasteiger partial charge in [-0.2, -0.15) is 0 Å². The third-order valence-corrected chi connectivity index (χ3v) is 2.50. The molecule has 1 aromatic heterocycles. The summed E-state index contributed by atoms with van der Waals surface area (Å²) in [5, 5.41) is 8.91. The summed E-state index contributed by atoms with van der Waals surface area (Å²) in [5.41, 5.74) is 14.3. The third-order valence-electron chi connectivity index (χ3n) is 2.50. The van der Waals surface area contributed by atoms with Crippen LogP contribution in [0.4, 0.5) is 0 Å². The number of benzene rings is 1. The molecule has 0 saturated heterocycles. The number of H-pyrrole nitrogens is 1. The highest BCUT2D eigenvalue weighted by Gasteiger charge is 2.14. The van der Waals surface area contributed by atoms with E-state index in [9.17, 15) is 0 Å². The van der Waals surface area contributed by atoms with Gasteiger partial charge >= 0.3 is 0 Å². The first-order valence-electron chi connectivity index (χ1n) is 4.77. The predicted molar refractivity (Wildman–Crippen MR) is 58.1 cm³/mol. The minimum atomic E-state index is -0.439. The minimum Gasteiger partial charge on any atom is -0.395 e. The van der Waals surface area contributed by atoms with E-state index in [0.717, 1.165) is 16.6 Å². The van der Waals surface area contributed by atoms with Gasteiger partial charge in [-0.05, 0) is 17.7 Å². The van der Waals surface area contributed by atoms with Crippen molar-refractivity contribution in [2.24, 2.45) is 11.5 Å². The number of nitrogens with two attached hydrogens (primary N) is 2. The lowest BCUT2D eigenvalue weighted by atomic mass is 10.0. The molecule has 1 heterocycles. The first-order chi connectivity index (χ1) is 7.22. The SMILES string of the molecule is NC(CO)C(N)c1ccc2nc[nH]c2c1. The summed E-state index contributed by atoms with van der Waals surface area (Å²) < 4.78 is 0. The Bertz CT molecular complexity index is 453. The molecule has 2 aromatic rings. The van der Waals surface area contributed by atoms with E-state index in [2.05, 4.69) is 9.97 Å². The second-order valence-corrected chi connectivity index (χ2v) is 3.55. The number of aromatic amines is 1. The second-order valence-electron chi connectivity index (χ2n) is 3.55. The van der Waals surface area contributed by atoms with E-state index in [0.29, 0.717) is 0 Å². The lowest BCUT2D eigenvalue weighted by molar-refractivity contribution is 0.250. The van der Waals surface area contributed by atoms with Crippen LogP contribution in [0, 0.1) is 0 Å². The van der Waals surface area contributed by atoms with Crippen molar-refractivity contribution in [2.75, 3.05) is 6.61 Å². The Labute approximate surface area is 87.1 Å². The summed E-state index contributed by atoms with van der Waals surface area (Å²) in [6.07, 6.45) is 1.63. The first-order valence-corrected chi connectivity index (χ1v) is 4.77. The normalized spacial score (nSPS) is 15.4. The Hall–Kier alpha value is -1.43. The molecular formula is C10H14N4O. The lowest BCUT2D eigenvalue weighted by Gasteiger charge is -2.17. The van der Waals surface area contributed by atoms with Gasteiger partial charge in [0.2, 0.25) is 0 Å². The molecule has 0 amide bonds. The predicted octanol–water partition coefficient (Wildman–Crippen LogP) is -0.118.